The van der Waals surface area contributed by atoms with Crippen molar-refractivity contribution in [3.05, 3.63) is 54.3 Å². The first-order chi connectivity index (χ1) is 10.3. The van der Waals surface area contributed by atoms with E-state index in [2.05, 4.69) is 10.3 Å². The molecule has 5 heteroatoms. The van der Waals surface area contributed by atoms with Gasteiger partial charge in [0.1, 0.15) is 5.69 Å². The average molecular weight is 281 g/mol. The van der Waals surface area contributed by atoms with E-state index in [9.17, 15) is 4.79 Å². The van der Waals surface area contributed by atoms with Crippen LogP contribution in [0.2, 0.25) is 0 Å². The standard InChI is InChI=1S/C16H15N3O2/c17-7-8-18-16(20)12-10-14(15-6-3-9-21-15)19-13-5-2-1-4-11(12)13/h1-6,9-10H,7-8,17H2,(H,18,20). The normalized spacial score (nSPS) is 10.7. The predicted octanol–water partition coefficient (Wildman–Crippen LogP) is 2.18. The molecule has 1 amide bonds. The smallest absolute Gasteiger partial charge is 0.252 e. The van der Waals surface area contributed by atoms with Gasteiger partial charge in [0.25, 0.3) is 5.91 Å². The maximum absolute atomic E-state index is 12.3. The Balaban J connectivity index is 2.14. The van der Waals surface area contributed by atoms with Crippen molar-refractivity contribution < 1.29 is 9.21 Å². The lowest BCUT2D eigenvalue weighted by Crippen LogP contribution is -2.29. The molecule has 3 rings (SSSR count). The molecule has 21 heavy (non-hydrogen) atoms. The van der Waals surface area contributed by atoms with Gasteiger partial charge in [-0.1, -0.05) is 18.2 Å². The zero-order chi connectivity index (χ0) is 14.7. The zero-order valence-electron chi connectivity index (χ0n) is 11.4. The van der Waals surface area contributed by atoms with Gasteiger partial charge in [-0.15, -0.1) is 0 Å². The molecule has 0 aliphatic heterocycles. The summed E-state index contributed by atoms with van der Waals surface area (Å²) in [6.07, 6.45) is 1.58. The van der Waals surface area contributed by atoms with Crippen LogP contribution in [0.4, 0.5) is 0 Å². The van der Waals surface area contributed by atoms with Crippen LogP contribution in [0.1, 0.15) is 10.4 Å². The lowest BCUT2D eigenvalue weighted by atomic mass is 10.1. The lowest BCUT2D eigenvalue weighted by Gasteiger charge is -2.09. The monoisotopic (exact) mass is 281 g/mol. The quantitative estimate of drug-likeness (QED) is 0.768. The fourth-order valence-electron chi connectivity index (χ4n) is 2.19. The number of nitrogens with one attached hydrogen (secondary N) is 1. The fraction of sp³-hybridized carbons (Fsp3) is 0.125. The molecule has 106 valence electrons. The SMILES string of the molecule is NCCNC(=O)c1cc(-c2ccco2)nc2ccccc12. The Kier molecular flexibility index (Phi) is 3.66. The molecule has 0 aliphatic carbocycles. The summed E-state index contributed by atoms with van der Waals surface area (Å²) in [7, 11) is 0. The van der Waals surface area contributed by atoms with Gasteiger partial charge in [-0.05, 0) is 24.3 Å². The number of rotatable bonds is 4. The van der Waals surface area contributed by atoms with Crippen LogP contribution in [-0.2, 0) is 0 Å². The van der Waals surface area contributed by atoms with Crippen LogP contribution in [0.25, 0.3) is 22.4 Å². The Hall–Kier alpha value is -2.66. The molecule has 3 N–H and O–H groups in total. The number of carbonyl (C=O) groups excluding carboxylic acids is 1. The van der Waals surface area contributed by atoms with E-state index in [1.165, 1.54) is 0 Å². The molecule has 2 heterocycles. The summed E-state index contributed by atoms with van der Waals surface area (Å²) in [6, 6.07) is 12.9. The molecule has 0 saturated carbocycles. The van der Waals surface area contributed by atoms with E-state index in [0.29, 0.717) is 30.1 Å². The first-order valence-electron chi connectivity index (χ1n) is 6.71. The maximum Gasteiger partial charge on any atom is 0.252 e. The lowest BCUT2D eigenvalue weighted by molar-refractivity contribution is 0.0956. The highest BCUT2D eigenvalue weighted by atomic mass is 16.3. The highest BCUT2D eigenvalue weighted by Gasteiger charge is 2.14. The third-order valence-electron chi connectivity index (χ3n) is 3.16. The van der Waals surface area contributed by atoms with Crippen molar-refractivity contribution in [1.29, 1.82) is 0 Å². The maximum atomic E-state index is 12.3. The number of carbonyl (C=O) groups is 1. The van der Waals surface area contributed by atoms with Crippen molar-refractivity contribution in [1.82, 2.24) is 10.3 Å². The molecule has 3 aromatic rings. The Morgan fingerprint density at radius 3 is 2.86 bits per heavy atom. The van der Waals surface area contributed by atoms with Crippen LogP contribution in [0, 0.1) is 0 Å². The highest BCUT2D eigenvalue weighted by Crippen LogP contribution is 2.25. The van der Waals surface area contributed by atoms with E-state index < -0.39 is 0 Å². The molecule has 0 atom stereocenters. The fourth-order valence-corrected chi connectivity index (χ4v) is 2.19. The molecule has 0 fully saturated rings. The average Bonchev–Trinajstić information content (AvgIpc) is 3.06. The number of furan rings is 1. The number of hydrogen-bond donors (Lipinski definition) is 2. The van der Waals surface area contributed by atoms with Crippen molar-refractivity contribution >= 4 is 16.8 Å². The highest BCUT2D eigenvalue weighted by molar-refractivity contribution is 6.07. The van der Waals surface area contributed by atoms with Crippen molar-refractivity contribution in [2.45, 2.75) is 0 Å². The van der Waals surface area contributed by atoms with Gasteiger partial charge in [0.05, 0.1) is 17.3 Å². The van der Waals surface area contributed by atoms with Gasteiger partial charge in [-0.2, -0.15) is 0 Å². The van der Waals surface area contributed by atoms with Gasteiger partial charge in [0, 0.05) is 18.5 Å². The summed E-state index contributed by atoms with van der Waals surface area (Å²) >= 11 is 0. The molecule has 0 radical (unpaired) electrons. The van der Waals surface area contributed by atoms with Crippen LogP contribution in [0.5, 0.6) is 0 Å². The summed E-state index contributed by atoms with van der Waals surface area (Å²) in [4.78, 5) is 16.9. The van der Waals surface area contributed by atoms with Crippen LogP contribution in [-0.4, -0.2) is 24.0 Å². The number of nitrogens with zero attached hydrogens (tertiary/aromatic N) is 1. The van der Waals surface area contributed by atoms with Gasteiger partial charge in [-0.25, -0.2) is 4.98 Å². The number of amides is 1. The third-order valence-corrected chi connectivity index (χ3v) is 3.16. The summed E-state index contributed by atoms with van der Waals surface area (Å²) < 4.78 is 5.37. The second-order valence-corrected chi connectivity index (χ2v) is 4.59. The molecular formula is C16H15N3O2. The van der Waals surface area contributed by atoms with Gasteiger partial charge in [0.15, 0.2) is 5.76 Å². The summed E-state index contributed by atoms with van der Waals surface area (Å²) in [6.45, 7) is 0.839. The Morgan fingerprint density at radius 2 is 2.10 bits per heavy atom. The van der Waals surface area contributed by atoms with E-state index in [0.717, 1.165) is 10.9 Å². The number of nitrogens with two attached hydrogens (primary N) is 1. The van der Waals surface area contributed by atoms with E-state index >= 15 is 0 Å². The van der Waals surface area contributed by atoms with Crippen molar-refractivity contribution in [2.75, 3.05) is 13.1 Å². The summed E-state index contributed by atoms with van der Waals surface area (Å²) in [5.41, 5.74) is 7.39. The molecule has 2 aromatic heterocycles. The minimum atomic E-state index is -0.160. The topological polar surface area (TPSA) is 81.1 Å². The van der Waals surface area contributed by atoms with E-state index in [4.69, 9.17) is 10.2 Å². The van der Waals surface area contributed by atoms with E-state index in [-0.39, 0.29) is 5.91 Å². The molecule has 0 saturated heterocycles. The second-order valence-electron chi connectivity index (χ2n) is 4.59. The van der Waals surface area contributed by atoms with Crippen LogP contribution in [0.15, 0.2) is 53.1 Å². The van der Waals surface area contributed by atoms with Crippen molar-refractivity contribution in [3.8, 4) is 11.5 Å². The first kappa shape index (κ1) is 13.3. The predicted molar refractivity (Wildman–Crippen MR) is 80.8 cm³/mol. The minimum Gasteiger partial charge on any atom is -0.463 e. The largest absolute Gasteiger partial charge is 0.463 e. The molecule has 0 spiro atoms. The third kappa shape index (κ3) is 2.64. The van der Waals surface area contributed by atoms with Crippen LogP contribution in [0.3, 0.4) is 0 Å². The van der Waals surface area contributed by atoms with E-state index in [1.807, 2.05) is 30.3 Å². The molecule has 1 aromatic carbocycles. The summed E-state index contributed by atoms with van der Waals surface area (Å²) in [5.74, 6) is 0.473. The first-order valence-corrected chi connectivity index (χ1v) is 6.71. The minimum absolute atomic E-state index is 0.160. The number of hydrogen-bond acceptors (Lipinski definition) is 4. The number of fused-ring (bicyclic) bond motifs is 1. The zero-order valence-corrected chi connectivity index (χ0v) is 11.4. The Labute approximate surface area is 121 Å². The molecular weight excluding hydrogens is 266 g/mol. The number of benzene rings is 1. The van der Waals surface area contributed by atoms with Gasteiger partial charge >= 0.3 is 0 Å². The molecule has 0 unspecified atom stereocenters. The van der Waals surface area contributed by atoms with Gasteiger partial charge in [-0.3, -0.25) is 4.79 Å². The second kappa shape index (κ2) is 5.76. The van der Waals surface area contributed by atoms with Gasteiger partial charge in [0.2, 0.25) is 0 Å². The Bertz CT molecular complexity index is 766. The van der Waals surface area contributed by atoms with Gasteiger partial charge < -0.3 is 15.5 Å². The van der Waals surface area contributed by atoms with Crippen molar-refractivity contribution in [2.24, 2.45) is 5.73 Å². The van der Waals surface area contributed by atoms with Crippen LogP contribution < -0.4 is 11.1 Å². The number of pyridine rings is 1. The molecule has 0 aliphatic rings. The number of para-hydroxylation sites is 1. The van der Waals surface area contributed by atoms with E-state index in [1.54, 1.807) is 18.4 Å². The molecule has 5 nitrogen and oxygen atoms in total. The molecule has 0 bridgehead atoms. The van der Waals surface area contributed by atoms with Crippen molar-refractivity contribution in [3.63, 3.8) is 0 Å². The number of aromatic nitrogens is 1. The Morgan fingerprint density at radius 1 is 1.24 bits per heavy atom. The van der Waals surface area contributed by atoms with Crippen LogP contribution >= 0.6 is 0 Å². The summed E-state index contributed by atoms with van der Waals surface area (Å²) in [5, 5.41) is 3.60.